The first-order valence-electron chi connectivity index (χ1n) is 4.50. The highest BCUT2D eigenvalue weighted by molar-refractivity contribution is 7.89. The summed E-state index contributed by atoms with van der Waals surface area (Å²) in [4.78, 5) is 0. The number of rotatable bonds is 2. The van der Waals surface area contributed by atoms with Crippen molar-refractivity contribution in [1.29, 1.82) is 0 Å². The molecule has 0 unspecified atom stereocenters. The molecule has 0 saturated heterocycles. The summed E-state index contributed by atoms with van der Waals surface area (Å²) < 4.78 is 27.0. The lowest BCUT2D eigenvalue weighted by Crippen LogP contribution is -2.56. The molecule has 5 heteroatoms. The molecule has 2 aliphatic carbocycles. The highest BCUT2D eigenvalue weighted by Gasteiger charge is 2.56. The zero-order valence-electron chi connectivity index (χ0n) is 7.69. The molecule has 2 fully saturated rings. The van der Waals surface area contributed by atoms with E-state index in [9.17, 15) is 8.42 Å². The zero-order valence-corrected chi connectivity index (χ0v) is 8.51. The molecule has 0 atom stereocenters. The topological polar surface area (TPSA) is 69.4 Å². The van der Waals surface area contributed by atoms with Crippen LogP contribution in [0.3, 0.4) is 0 Å². The van der Waals surface area contributed by atoms with Crippen molar-refractivity contribution in [2.45, 2.75) is 37.0 Å². The van der Waals surface area contributed by atoms with Gasteiger partial charge in [0.25, 0.3) is 0 Å². The maximum Gasteiger partial charge on any atom is 0.212 e. The molecule has 13 heavy (non-hydrogen) atoms. The van der Waals surface area contributed by atoms with E-state index >= 15 is 0 Å². The van der Waals surface area contributed by atoms with E-state index < -0.39 is 10.0 Å². The standard InChI is InChI=1S/C8H15NO3S/c1-12-6-2-8(3-6)4-7(5-8)13(9,10)11/h6-7H,2-5H2,1H3,(H2,9,10,11). The SMILES string of the molecule is COC1CC2(C1)CC(S(N)(=O)=O)C2. The van der Waals surface area contributed by atoms with Gasteiger partial charge in [0.15, 0.2) is 0 Å². The van der Waals surface area contributed by atoms with Gasteiger partial charge in [0.05, 0.1) is 11.4 Å². The molecule has 0 aromatic heterocycles. The predicted octanol–water partition coefficient (Wildman–Crippen LogP) is 0.233. The number of hydrogen-bond acceptors (Lipinski definition) is 3. The predicted molar refractivity (Wildman–Crippen MR) is 48.6 cm³/mol. The van der Waals surface area contributed by atoms with Gasteiger partial charge in [-0.15, -0.1) is 0 Å². The molecule has 2 rings (SSSR count). The Hall–Kier alpha value is -0.130. The van der Waals surface area contributed by atoms with Gasteiger partial charge in [-0.1, -0.05) is 0 Å². The fraction of sp³-hybridized carbons (Fsp3) is 1.00. The molecule has 1 spiro atoms. The highest BCUT2D eigenvalue weighted by atomic mass is 32.2. The lowest BCUT2D eigenvalue weighted by molar-refractivity contribution is -0.0982. The molecule has 0 aromatic carbocycles. The Balaban J connectivity index is 1.87. The summed E-state index contributed by atoms with van der Waals surface area (Å²) in [5, 5.41) is 4.76. The van der Waals surface area contributed by atoms with Gasteiger partial charge in [-0.05, 0) is 31.1 Å². The van der Waals surface area contributed by atoms with Gasteiger partial charge in [0.2, 0.25) is 10.0 Å². The van der Waals surface area contributed by atoms with Crippen LogP contribution in [-0.4, -0.2) is 26.9 Å². The van der Waals surface area contributed by atoms with E-state index in [1.807, 2.05) is 0 Å². The van der Waals surface area contributed by atoms with Crippen molar-refractivity contribution < 1.29 is 13.2 Å². The Morgan fingerprint density at radius 2 is 1.85 bits per heavy atom. The van der Waals surface area contributed by atoms with Gasteiger partial charge >= 0.3 is 0 Å². The minimum Gasteiger partial charge on any atom is -0.381 e. The number of primary sulfonamides is 1. The smallest absolute Gasteiger partial charge is 0.212 e. The summed E-state index contributed by atoms with van der Waals surface area (Å²) in [6.07, 6.45) is 3.85. The second-order valence-corrected chi connectivity index (χ2v) is 6.23. The Morgan fingerprint density at radius 1 is 1.31 bits per heavy atom. The van der Waals surface area contributed by atoms with E-state index in [1.54, 1.807) is 7.11 Å². The van der Waals surface area contributed by atoms with Crippen LogP contribution in [0.1, 0.15) is 25.7 Å². The molecule has 76 valence electrons. The Kier molecular flexibility index (Phi) is 1.94. The normalized spacial score (nSPS) is 44.2. The molecule has 2 aliphatic rings. The quantitative estimate of drug-likeness (QED) is 0.701. The minimum absolute atomic E-state index is 0.262. The molecule has 0 aromatic rings. The number of nitrogens with two attached hydrogens (primary N) is 1. The monoisotopic (exact) mass is 205 g/mol. The van der Waals surface area contributed by atoms with Crippen LogP contribution in [0.2, 0.25) is 0 Å². The van der Waals surface area contributed by atoms with E-state index in [-0.39, 0.29) is 10.7 Å². The van der Waals surface area contributed by atoms with E-state index in [0.717, 1.165) is 25.7 Å². The Morgan fingerprint density at radius 3 is 2.23 bits per heavy atom. The number of methoxy groups -OCH3 is 1. The van der Waals surface area contributed by atoms with E-state index in [1.165, 1.54) is 0 Å². The molecule has 0 bridgehead atoms. The van der Waals surface area contributed by atoms with Gasteiger partial charge in [-0.25, -0.2) is 13.6 Å². The van der Waals surface area contributed by atoms with Crippen LogP contribution in [0.5, 0.6) is 0 Å². The van der Waals surface area contributed by atoms with Crippen LogP contribution in [0.15, 0.2) is 0 Å². The number of hydrogen-bond donors (Lipinski definition) is 1. The minimum atomic E-state index is -3.28. The lowest BCUT2D eigenvalue weighted by atomic mass is 9.54. The van der Waals surface area contributed by atoms with Crippen LogP contribution in [0.25, 0.3) is 0 Å². The summed E-state index contributed by atoms with van der Waals surface area (Å²) >= 11 is 0. The maximum absolute atomic E-state index is 10.9. The molecule has 0 aliphatic heterocycles. The van der Waals surface area contributed by atoms with Crippen molar-refractivity contribution in [3.63, 3.8) is 0 Å². The van der Waals surface area contributed by atoms with Gasteiger partial charge in [0.1, 0.15) is 0 Å². The summed E-state index contributed by atoms with van der Waals surface area (Å²) in [5.74, 6) is 0. The van der Waals surface area contributed by atoms with Gasteiger partial charge in [-0.2, -0.15) is 0 Å². The third kappa shape index (κ3) is 1.49. The lowest BCUT2D eigenvalue weighted by Gasteiger charge is -2.56. The average Bonchev–Trinajstić information content (AvgIpc) is 1.78. The third-order valence-electron chi connectivity index (χ3n) is 3.44. The van der Waals surface area contributed by atoms with Crippen LogP contribution in [-0.2, 0) is 14.8 Å². The van der Waals surface area contributed by atoms with E-state index in [4.69, 9.17) is 9.88 Å². The molecular formula is C8H15NO3S. The average molecular weight is 205 g/mol. The van der Waals surface area contributed by atoms with Crippen molar-refractivity contribution in [1.82, 2.24) is 0 Å². The Bertz CT molecular complexity index is 297. The Labute approximate surface area is 78.5 Å². The summed E-state index contributed by atoms with van der Waals surface area (Å²) in [6.45, 7) is 0. The van der Waals surface area contributed by atoms with Crippen LogP contribution >= 0.6 is 0 Å². The summed E-state index contributed by atoms with van der Waals surface area (Å²) in [7, 11) is -1.58. The zero-order chi connectivity index (χ0) is 9.69. The van der Waals surface area contributed by atoms with Crippen LogP contribution in [0, 0.1) is 5.41 Å². The second-order valence-electron chi connectivity index (χ2n) is 4.39. The summed E-state index contributed by atoms with van der Waals surface area (Å²) in [5.41, 5.74) is 0.262. The fourth-order valence-electron chi connectivity index (χ4n) is 2.54. The van der Waals surface area contributed by atoms with Crippen molar-refractivity contribution >= 4 is 10.0 Å². The molecule has 0 heterocycles. The fourth-order valence-corrected chi connectivity index (χ4v) is 3.72. The first-order chi connectivity index (χ1) is 5.95. The largest absolute Gasteiger partial charge is 0.381 e. The molecule has 2 saturated carbocycles. The first kappa shape index (κ1) is 9.43. The van der Waals surface area contributed by atoms with E-state index in [2.05, 4.69) is 0 Å². The van der Waals surface area contributed by atoms with Crippen LogP contribution in [0.4, 0.5) is 0 Å². The van der Waals surface area contributed by atoms with Gasteiger partial charge in [0, 0.05) is 7.11 Å². The number of sulfonamides is 1. The van der Waals surface area contributed by atoms with Gasteiger partial charge < -0.3 is 4.74 Å². The first-order valence-corrected chi connectivity index (χ1v) is 6.11. The number of ether oxygens (including phenoxy) is 1. The molecule has 2 N–H and O–H groups in total. The molecule has 0 radical (unpaired) electrons. The maximum atomic E-state index is 10.9. The highest BCUT2D eigenvalue weighted by Crippen LogP contribution is 2.58. The van der Waals surface area contributed by atoms with E-state index in [0.29, 0.717) is 6.10 Å². The molecule has 0 amide bonds. The van der Waals surface area contributed by atoms with Crippen molar-refractivity contribution in [3.8, 4) is 0 Å². The molecule has 4 nitrogen and oxygen atoms in total. The van der Waals surface area contributed by atoms with Crippen molar-refractivity contribution in [3.05, 3.63) is 0 Å². The van der Waals surface area contributed by atoms with Crippen molar-refractivity contribution in [2.75, 3.05) is 7.11 Å². The molecular weight excluding hydrogens is 190 g/mol. The van der Waals surface area contributed by atoms with Crippen LogP contribution < -0.4 is 5.14 Å². The van der Waals surface area contributed by atoms with Crippen molar-refractivity contribution in [2.24, 2.45) is 10.6 Å². The summed E-state index contributed by atoms with van der Waals surface area (Å²) in [6, 6.07) is 0. The van der Waals surface area contributed by atoms with Gasteiger partial charge in [-0.3, -0.25) is 0 Å². The third-order valence-corrected chi connectivity index (χ3v) is 4.70. The second kappa shape index (κ2) is 2.68.